The zero-order chi connectivity index (χ0) is 19.8. The van der Waals surface area contributed by atoms with Gasteiger partial charge < -0.3 is 20.3 Å². The molecule has 0 unspecified atom stereocenters. The Balaban J connectivity index is 0.00000300. The molecular weight excluding hydrogens is 412 g/mol. The van der Waals surface area contributed by atoms with Crippen LogP contribution in [0.5, 0.6) is 0 Å². The third-order valence-corrected chi connectivity index (χ3v) is 5.05. The Labute approximate surface area is 179 Å². The van der Waals surface area contributed by atoms with Crippen molar-refractivity contribution < 1.29 is 14.1 Å². The minimum absolute atomic E-state index is 0. The van der Waals surface area contributed by atoms with E-state index in [1.165, 1.54) is 11.8 Å². The number of thioether (sulfide) groups is 1. The van der Waals surface area contributed by atoms with Gasteiger partial charge in [-0.15, -0.1) is 24.2 Å². The third kappa shape index (κ3) is 6.30. The molecule has 3 rings (SSSR count). The van der Waals surface area contributed by atoms with Crippen LogP contribution in [-0.4, -0.2) is 42.1 Å². The highest BCUT2D eigenvalue weighted by molar-refractivity contribution is 8.00. The fourth-order valence-corrected chi connectivity index (χ4v) is 3.37. The second-order valence-corrected chi connectivity index (χ2v) is 6.97. The lowest BCUT2D eigenvalue weighted by atomic mass is 10.1. The van der Waals surface area contributed by atoms with E-state index in [2.05, 4.69) is 15.5 Å². The van der Waals surface area contributed by atoms with Crippen LogP contribution in [0, 0.1) is 0 Å². The number of hydrogen-bond donors (Lipinski definition) is 2. The predicted octanol–water partition coefficient (Wildman–Crippen LogP) is 3.14. The maximum Gasteiger partial charge on any atom is 0.259 e. The molecule has 0 aliphatic heterocycles. The Hall–Kier alpha value is -2.39. The van der Waals surface area contributed by atoms with Gasteiger partial charge in [-0.2, -0.15) is 4.98 Å². The van der Waals surface area contributed by atoms with Gasteiger partial charge in [-0.3, -0.25) is 4.79 Å². The summed E-state index contributed by atoms with van der Waals surface area (Å²) in [7, 11) is 1.60. The second-order valence-electron chi connectivity index (χ2n) is 5.95. The molecule has 3 N–H and O–H groups in total. The van der Waals surface area contributed by atoms with Crippen molar-refractivity contribution in [3.63, 3.8) is 0 Å². The summed E-state index contributed by atoms with van der Waals surface area (Å²) in [6.07, 6.45) is 0. The molecule has 0 saturated heterocycles. The van der Waals surface area contributed by atoms with E-state index in [4.69, 9.17) is 15.0 Å². The largest absolute Gasteiger partial charge is 0.383 e. The summed E-state index contributed by atoms with van der Waals surface area (Å²) >= 11 is 1.42. The number of hydrogen-bond acceptors (Lipinski definition) is 7. The summed E-state index contributed by atoms with van der Waals surface area (Å²) < 4.78 is 10.4. The van der Waals surface area contributed by atoms with Crippen molar-refractivity contribution in [3.8, 4) is 22.8 Å². The van der Waals surface area contributed by atoms with Crippen molar-refractivity contribution in [1.29, 1.82) is 0 Å². The molecule has 9 heteroatoms. The second kappa shape index (κ2) is 11.6. The normalized spacial score (nSPS) is 10.4. The zero-order valence-electron chi connectivity index (χ0n) is 16.0. The van der Waals surface area contributed by atoms with Crippen molar-refractivity contribution in [3.05, 3.63) is 54.1 Å². The number of benzene rings is 2. The SMILES string of the molecule is COCCNC(=O)CSc1ccccc1-c1nc(-c2ccc(CN)cc2)no1.Cl. The van der Waals surface area contributed by atoms with Gasteiger partial charge in [-0.05, 0) is 17.7 Å². The van der Waals surface area contributed by atoms with Gasteiger partial charge in [-0.25, -0.2) is 0 Å². The summed E-state index contributed by atoms with van der Waals surface area (Å²) in [5.74, 6) is 1.17. The van der Waals surface area contributed by atoms with Crippen LogP contribution in [0.15, 0.2) is 57.9 Å². The van der Waals surface area contributed by atoms with Crippen molar-refractivity contribution in [2.45, 2.75) is 11.4 Å². The molecule has 1 heterocycles. The van der Waals surface area contributed by atoms with E-state index in [1.807, 2.05) is 48.5 Å². The smallest absolute Gasteiger partial charge is 0.259 e. The van der Waals surface area contributed by atoms with E-state index in [1.54, 1.807) is 7.11 Å². The molecule has 0 saturated carbocycles. The highest BCUT2D eigenvalue weighted by Gasteiger charge is 2.15. The summed E-state index contributed by atoms with van der Waals surface area (Å²) in [6, 6.07) is 15.4. The molecule has 0 bridgehead atoms. The minimum atomic E-state index is -0.0527. The van der Waals surface area contributed by atoms with E-state index in [-0.39, 0.29) is 18.3 Å². The molecule has 0 spiro atoms. The van der Waals surface area contributed by atoms with Crippen LogP contribution >= 0.6 is 24.2 Å². The van der Waals surface area contributed by atoms with Gasteiger partial charge in [0.25, 0.3) is 5.89 Å². The van der Waals surface area contributed by atoms with Crippen LogP contribution in [0.25, 0.3) is 22.8 Å². The van der Waals surface area contributed by atoms with E-state index in [0.29, 0.717) is 37.2 Å². The Morgan fingerprint density at radius 2 is 1.97 bits per heavy atom. The highest BCUT2D eigenvalue weighted by atomic mass is 35.5. The van der Waals surface area contributed by atoms with Gasteiger partial charge in [0.2, 0.25) is 11.7 Å². The van der Waals surface area contributed by atoms with Gasteiger partial charge in [0.15, 0.2) is 0 Å². The van der Waals surface area contributed by atoms with E-state index < -0.39 is 0 Å². The number of carbonyl (C=O) groups is 1. The Morgan fingerprint density at radius 1 is 1.21 bits per heavy atom. The van der Waals surface area contributed by atoms with E-state index in [9.17, 15) is 4.79 Å². The number of ether oxygens (including phenoxy) is 1. The quantitative estimate of drug-likeness (QED) is 0.394. The zero-order valence-corrected chi connectivity index (χ0v) is 17.6. The fourth-order valence-electron chi connectivity index (χ4n) is 2.50. The van der Waals surface area contributed by atoms with Gasteiger partial charge in [0.1, 0.15) is 0 Å². The summed E-state index contributed by atoms with van der Waals surface area (Å²) in [5, 5.41) is 6.89. The first-order valence-corrected chi connectivity index (χ1v) is 9.80. The fraction of sp³-hybridized carbons (Fsp3) is 0.250. The lowest BCUT2D eigenvalue weighted by Crippen LogP contribution is -2.28. The molecule has 7 nitrogen and oxygen atoms in total. The molecule has 1 amide bonds. The van der Waals surface area contributed by atoms with Crippen LogP contribution in [0.4, 0.5) is 0 Å². The van der Waals surface area contributed by atoms with Crippen LogP contribution in [0.2, 0.25) is 0 Å². The minimum Gasteiger partial charge on any atom is -0.383 e. The number of nitrogens with one attached hydrogen (secondary N) is 1. The van der Waals surface area contributed by atoms with Crippen molar-refractivity contribution >= 4 is 30.1 Å². The number of amides is 1. The first-order valence-electron chi connectivity index (χ1n) is 8.82. The molecule has 2 aromatic carbocycles. The van der Waals surface area contributed by atoms with Crippen molar-refractivity contribution in [2.24, 2.45) is 5.73 Å². The van der Waals surface area contributed by atoms with Crippen LogP contribution in [0.1, 0.15) is 5.56 Å². The van der Waals surface area contributed by atoms with Crippen molar-refractivity contribution in [1.82, 2.24) is 15.5 Å². The standard InChI is InChI=1S/C20H22N4O3S.ClH/c1-26-11-10-22-18(25)13-28-17-5-3-2-4-16(17)20-23-19(24-27-20)15-8-6-14(12-21)7-9-15;/h2-9H,10-13,21H2,1H3,(H,22,25);1H. The number of methoxy groups -OCH3 is 1. The Bertz CT molecular complexity index is 918. The van der Waals surface area contributed by atoms with Gasteiger partial charge >= 0.3 is 0 Å². The first-order chi connectivity index (χ1) is 13.7. The topological polar surface area (TPSA) is 103 Å². The maximum atomic E-state index is 11.9. The lowest BCUT2D eigenvalue weighted by Gasteiger charge is -2.06. The number of rotatable bonds is 9. The van der Waals surface area contributed by atoms with Gasteiger partial charge in [-0.1, -0.05) is 41.6 Å². The maximum absolute atomic E-state index is 11.9. The molecule has 0 atom stereocenters. The van der Waals surface area contributed by atoms with Crippen molar-refractivity contribution in [2.75, 3.05) is 26.0 Å². The average Bonchev–Trinajstić information content (AvgIpc) is 3.23. The summed E-state index contributed by atoms with van der Waals surface area (Å²) in [6.45, 7) is 1.47. The first kappa shape index (κ1) is 22.9. The Kier molecular flexibility index (Phi) is 9.14. The van der Waals surface area contributed by atoms with Crippen LogP contribution < -0.4 is 11.1 Å². The molecule has 1 aromatic heterocycles. The van der Waals surface area contributed by atoms with Gasteiger partial charge in [0, 0.05) is 30.7 Å². The lowest BCUT2D eigenvalue weighted by molar-refractivity contribution is -0.118. The molecular formula is C20H23ClN4O3S. The van der Waals surface area contributed by atoms with Crippen LogP contribution in [0.3, 0.4) is 0 Å². The third-order valence-electron chi connectivity index (χ3n) is 3.98. The molecule has 29 heavy (non-hydrogen) atoms. The number of aromatic nitrogens is 2. The molecule has 0 radical (unpaired) electrons. The van der Waals surface area contributed by atoms with E-state index in [0.717, 1.165) is 21.6 Å². The molecule has 0 aliphatic rings. The van der Waals surface area contributed by atoms with Crippen LogP contribution in [-0.2, 0) is 16.1 Å². The highest BCUT2D eigenvalue weighted by Crippen LogP contribution is 2.31. The summed E-state index contributed by atoms with van der Waals surface area (Å²) in [5.41, 5.74) is 8.33. The number of nitrogens with zero attached hydrogens (tertiary/aromatic N) is 2. The average molecular weight is 435 g/mol. The number of nitrogens with two attached hydrogens (primary N) is 1. The number of halogens is 1. The molecule has 3 aromatic rings. The summed E-state index contributed by atoms with van der Waals surface area (Å²) in [4.78, 5) is 17.3. The molecule has 0 fully saturated rings. The van der Waals surface area contributed by atoms with Gasteiger partial charge in [0.05, 0.1) is 17.9 Å². The number of carbonyl (C=O) groups excluding carboxylic acids is 1. The monoisotopic (exact) mass is 434 g/mol. The molecule has 0 aliphatic carbocycles. The van der Waals surface area contributed by atoms with E-state index >= 15 is 0 Å². The predicted molar refractivity (Wildman–Crippen MR) is 116 cm³/mol. The Morgan fingerprint density at radius 3 is 2.69 bits per heavy atom. The molecule has 154 valence electrons.